The van der Waals surface area contributed by atoms with Crippen LogP contribution in [0.3, 0.4) is 0 Å². The number of hydrogen-bond acceptors (Lipinski definition) is 4. The maximum Gasteiger partial charge on any atom is 0.306 e. The normalized spacial score (nSPS) is 23.4. The van der Waals surface area contributed by atoms with E-state index in [1.54, 1.807) is 13.4 Å². The second kappa shape index (κ2) is 6.65. The SMILES string of the molecule is COCCc1nncn1CC1CCC(C(=O)O)CC1. The largest absolute Gasteiger partial charge is 0.481 e. The minimum Gasteiger partial charge on any atom is -0.481 e. The minimum atomic E-state index is -0.650. The molecule has 0 atom stereocenters. The van der Waals surface area contributed by atoms with Crippen LogP contribution in [0.15, 0.2) is 6.33 Å². The van der Waals surface area contributed by atoms with Crippen molar-refractivity contribution in [1.82, 2.24) is 14.8 Å². The highest BCUT2D eigenvalue weighted by Crippen LogP contribution is 2.30. The number of nitrogens with zero attached hydrogens (tertiary/aromatic N) is 3. The van der Waals surface area contributed by atoms with E-state index in [-0.39, 0.29) is 5.92 Å². The van der Waals surface area contributed by atoms with Gasteiger partial charge in [-0.1, -0.05) is 0 Å². The van der Waals surface area contributed by atoms with Crippen molar-refractivity contribution in [3.05, 3.63) is 12.2 Å². The molecule has 1 heterocycles. The molecule has 0 bridgehead atoms. The first-order chi connectivity index (χ1) is 9.20. The number of carboxylic acid groups (broad SMARTS) is 1. The van der Waals surface area contributed by atoms with Gasteiger partial charge in [0.1, 0.15) is 12.2 Å². The summed E-state index contributed by atoms with van der Waals surface area (Å²) < 4.78 is 7.13. The lowest BCUT2D eigenvalue weighted by molar-refractivity contribution is -0.143. The summed E-state index contributed by atoms with van der Waals surface area (Å²) in [7, 11) is 1.67. The third kappa shape index (κ3) is 3.76. The highest BCUT2D eigenvalue weighted by molar-refractivity contribution is 5.69. The van der Waals surface area contributed by atoms with Gasteiger partial charge in [0.05, 0.1) is 12.5 Å². The van der Waals surface area contributed by atoms with Gasteiger partial charge in [0.2, 0.25) is 0 Å². The Morgan fingerprint density at radius 1 is 1.47 bits per heavy atom. The fourth-order valence-corrected chi connectivity index (χ4v) is 2.69. The predicted molar refractivity (Wildman–Crippen MR) is 68.7 cm³/mol. The molecular weight excluding hydrogens is 246 g/mol. The Labute approximate surface area is 112 Å². The van der Waals surface area contributed by atoms with Crippen molar-refractivity contribution < 1.29 is 14.6 Å². The van der Waals surface area contributed by atoms with E-state index < -0.39 is 5.97 Å². The molecule has 0 aliphatic heterocycles. The van der Waals surface area contributed by atoms with E-state index in [2.05, 4.69) is 14.8 Å². The molecule has 19 heavy (non-hydrogen) atoms. The van der Waals surface area contributed by atoms with Crippen molar-refractivity contribution in [3.63, 3.8) is 0 Å². The zero-order valence-electron chi connectivity index (χ0n) is 11.3. The molecule has 0 radical (unpaired) electrons. The van der Waals surface area contributed by atoms with Gasteiger partial charge in [-0.25, -0.2) is 0 Å². The molecule has 2 rings (SSSR count). The van der Waals surface area contributed by atoms with Crippen LogP contribution in [0.1, 0.15) is 31.5 Å². The Balaban J connectivity index is 1.85. The average molecular weight is 267 g/mol. The van der Waals surface area contributed by atoms with Crippen molar-refractivity contribution in [3.8, 4) is 0 Å². The van der Waals surface area contributed by atoms with Crippen LogP contribution in [0.25, 0.3) is 0 Å². The highest BCUT2D eigenvalue weighted by atomic mass is 16.5. The van der Waals surface area contributed by atoms with Gasteiger partial charge in [0.25, 0.3) is 0 Å². The van der Waals surface area contributed by atoms with E-state index in [4.69, 9.17) is 9.84 Å². The summed E-state index contributed by atoms with van der Waals surface area (Å²) in [6.07, 6.45) is 6.04. The number of aliphatic carboxylic acids is 1. The van der Waals surface area contributed by atoms with Crippen LogP contribution in [0.2, 0.25) is 0 Å². The van der Waals surface area contributed by atoms with Gasteiger partial charge in [-0.15, -0.1) is 10.2 Å². The zero-order valence-corrected chi connectivity index (χ0v) is 11.3. The summed E-state index contributed by atoms with van der Waals surface area (Å²) in [5.41, 5.74) is 0. The number of ether oxygens (including phenoxy) is 1. The Hall–Kier alpha value is -1.43. The lowest BCUT2D eigenvalue weighted by Gasteiger charge is -2.26. The molecule has 0 aromatic carbocycles. The number of methoxy groups -OCH3 is 1. The second-order valence-electron chi connectivity index (χ2n) is 5.20. The van der Waals surface area contributed by atoms with E-state index >= 15 is 0 Å². The molecule has 106 valence electrons. The summed E-state index contributed by atoms with van der Waals surface area (Å²) in [4.78, 5) is 10.9. The second-order valence-corrected chi connectivity index (χ2v) is 5.20. The van der Waals surface area contributed by atoms with Crippen molar-refractivity contribution in [2.24, 2.45) is 11.8 Å². The van der Waals surface area contributed by atoms with Crippen LogP contribution >= 0.6 is 0 Å². The number of carbonyl (C=O) groups is 1. The van der Waals surface area contributed by atoms with E-state index in [9.17, 15) is 4.79 Å². The van der Waals surface area contributed by atoms with Gasteiger partial charge < -0.3 is 14.4 Å². The molecule has 1 saturated carbocycles. The molecule has 1 aliphatic rings. The average Bonchev–Trinajstić information content (AvgIpc) is 2.84. The minimum absolute atomic E-state index is 0.148. The summed E-state index contributed by atoms with van der Waals surface area (Å²) in [6.45, 7) is 1.53. The maximum atomic E-state index is 10.9. The third-order valence-corrected chi connectivity index (χ3v) is 3.88. The Kier molecular flexibility index (Phi) is 4.90. The fraction of sp³-hybridized carbons (Fsp3) is 0.769. The van der Waals surface area contributed by atoms with Crippen molar-refractivity contribution in [2.45, 2.75) is 38.6 Å². The summed E-state index contributed by atoms with van der Waals surface area (Å²) in [5, 5.41) is 17.0. The van der Waals surface area contributed by atoms with Crippen LogP contribution in [-0.2, 0) is 22.5 Å². The zero-order chi connectivity index (χ0) is 13.7. The van der Waals surface area contributed by atoms with E-state index in [1.807, 2.05) is 0 Å². The standard InChI is InChI=1S/C13H21N3O3/c1-19-7-6-12-15-14-9-16(12)8-10-2-4-11(5-3-10)13(17)18/h9-11H,2-8H2,1H3,(H,17,18). The fourth-order valence-electron chi connectivity index (χ4n) is 2.69. The van der Waals surface area contributed by atoms with Gasteiger partial charge >= 0.3 is 5.97 Å². The molecule has 1 N–H and O–H groups in total. The molecule has 0 saturated heterocycles. The number of rotatable bonds is 6. The summed E-state index contributed by atoms with van der Waals surface area (Å²) >= 11 is 0. The Bertz CT molecular complexity index is 411. The first kappa shape index (κ1) is 14.0. The van der Waals surface area contributed by atoms with E-state index in [0.717, 1.165) is 44.5 Å². The highest BCUT2D eigenvalue weighted by Gasteiger charge is 2.26. The summed E-state index contributed by atoms with van der Waals surface area (Å²) in [5.74, 6) is 0.684. The topological polar surface area (TPSA) is 77.2 Å². The molecule has 6 heteroatoms. The number of aromatic nitrogens is 3. The van der Waals surface area contributed by atoms with Gasteiger partial charge in [-0.05, 0) is 31.6 Å². The molecule has 1 aromatic rings. The van der Waals surface area contributed by atoms with Crippen LogP contribution in [0.5, 0.6) is 0 Å². The number of carboxylic acids is 1. The molecular formula is C13H21N3O3. The molecule has 1 aliphatic carbocycles. The first-order valence-corrected chi connectivity index (χ1v) is 6.79. The van der Waals surface area contributed by atoms with E-state index in [0.29, 0.717) is 12.5 Å². The molecule has 0 unspecified atom stereocenters. The molecule has 1 fully saturated rings. The molecule has 0 spiro atoms. The number of hydrogen-bond donors (Lipinski definition) is 1. The molecule has 0 amide bonds. The Morgan fingerprint density at radius 3 is 2.84 bits per heavy atom. The van der Waals surface area contributed by atoms with Gasteiger partial charge in [-0.3, -0.25) is 4.79 Å². The third-order valence-electron chi connectivity index (χ3n) is 3.88. The Morgan fingerprint density at radius 2 is 2.21 bits per heavy atom. The predicted octanol–water partition coefficient (Wildman–Crippen LogP) is 1.36. The van der Waals surface area contributed by atoms with Crippen molar-refractivity contribution in [1.29, 1.82) is 0 Å². The van der Waals surface area contributed by atoms with Crippen molar-refractivity contribution >= 4 is 5.97 Å². The van der Waals surface area contributed by atoms with Gasteiger partial charge in [0, 0.05) is 20.1 Å². The first-order valence-electron chi connectivity index (χ1n) is 6.79. The smallest absolute Gasteiger partial charge is 0.306 e. The molecule has 1 aromatic heterocycles. The van der Waals surface area contributed by atoms with E-state index in [1.165, 1.54) is 0 Å². The molecule has 6 nitrogen and oxygen atoms in total. The lowest BCUT2D eigenvalue weighted by atomic mass is 9.82. The van der Waals surface area contributed by atoms with Crippen molar-refractivity contribution in [2.75, 3.05) is 13.7 Å². The maximum absolute atomic E-state index is 10.9. The quantitative estimate of drug-likeness (QED) is 0.842. The lowest BCUT2D eigenvalue weighted by Crippen LogP contribution is -2.24. The van der Waals surface area contributed by atoms with Crippen LogP contribution in [0.4, 0.5) is 0 Å². The van der Waals surface area contributed by atoms with Crippen LogP contribution in [-0.4, -0.2) is 39.6 Å². The van der Waals surface area contributed by atoms with Crippen LogP contribution < -0.4 is 0 Å². The van der Waals surface area contributed by atoms with Gasteiger partial charge in [0.15, 0.2) is 0 Å². The van der Waals surface area contributed by atoms with Crippen LogP contribution in [0, 0.1) is 11.8 Å². The van der Waals surface area contributed by atoms with Gasteiger partial charge in [-0.2, -0.15) is 0 Å². The monoisotopic (exact) mass is 267 g/mol. The summed E-state index contributed by atoms with van der Waals surface area (Å²) in [6, 6.07) is 0.